The first-order chi connectivity index (χ1) is 11.3. The van der Waals surface area contributed by atoms with Crippen molar-refractivity contribution in [3.8, 4) is 23.2 Å². The highest BCUT2D eigenvalue weighted by Crippen LogP contribution is 2.38. The minimum atomic E-state index is -0.165. The summed E-state index contributed by atoms with van der Waals surface area (Å²) in [7, 11) is 0. The van der Waals surface area contributed by atoms with E-state index in [0.29, 0.717) is 23.3 Å². The molecule has 0 atom stereocenters. The standard InChI is InChI=1S/C17H15N3O3/c21-16-8-15(23-20-16)13-9-18-17(19-10-13)22-14-6-12(7-14)11-4-2-1-3-5-11/h1-5,8-10,12,14H,6-7H2,(H,20,21)/t12-,14+. The van der Waals surface area contributed by atoms with E-state index in [4.69, 9.17) is 9.26 Å². The van der Waals surface area contributed by atoms with Gasteiger partial charge in [0.15, 0.2) is 5.76 Å². The molecular weight excluding hydrogens is 294 g/mol. The van der Waals surface area contributed by atoms with Crippen molar-refractivity contribution in [3.63, 3.8) is 0 Å². The Bertz CT molecular complexity index is 780. The molecule has 0 bridgehead atoms. The third-order valence-electron chi connectivity index (χ3n) is 4.05. The molecule has 0 radical (unpaired) electrons. The lowest BCUT2D eigenvalue weighted by molar-refractivity contribution is 0.0882. The zero-order valence-corrected chi connectivity index (χ0v) is 12.3. The highest BCUT2D eigenvalue weighted by atomic mass is 16.5. The van der Waals surface area contributed by atoms with Crippen LogP contribution in [0.4, 0.5) is 0 Å². The molecule has 1 N–H and O–H groups in total. The molecule has 23 heavy (non-hydrogen) atoms. The Morgan fingerprint density at radius 1 is 1.09 bits per heavy atom. The third kappa shape index (κ3) is 2.88. The third-order valence-corrected chi connectivity index (χ3v) is 4.05. The van der Waals surface area contributed by atoms with Crippen LogP contribution in [-0.2, 0) is 0 Å². The van der Waals surface area contributed by atoms with Gasteiger partial charge < -0.3 is 14.4 Å². The molecule has 1 aromatic carbocycles. The second-order valence-electron chi connectivity index (χ2n) is 5.62. The monoisotopic (exact) mass is 309 g/mol. The maximum absolute atomic E-state index is 9.18. The van der Waals surface area contributed by atoms with Crippen molar-refractivity contribution in [2.24, 2.45) is 0 Å². The lowest BCUT2D eigenvalue weighted by Crippen LogP contribution is -2.32. The molecule has 0 aliphatic heterocycles. The first-order valence-corrected chi connectivity index (χ1v) is 7.47. The summed E-state index contributed by atoms with van der Waals surface area (Å²) < 4.78 is 10.7. The maximum Gasteiger partial charge on any atom is 0.316 e. The van der Waals surface area contributed by atoms with E-state index in [0.717, 1.165) is 12.8 Å². The zero-order valence-electron chi connectivity index (χ0n) is 12.3. The summed E-state index contributed by atoms with van der Waals surface area (Å²) in [4.78, 5) is 8.36. The van der Waals surface area contributed by atoms with E-state index in [1.807, 2.05) is 6.07 Å². The molecule has 0 saturated heterocycles. The van der Waals surface area contributed by atoms with Gasteiger partial charge in [0.05, 0.1) is 5.56 Å². The van der Waals surface area contributed by atoms with Gasteiger partial charge >= 0.3 is 6.01 Å². The average Bonchev–Trinajstić information content (AvgIpc) is 2.98. The molecule has 6 heteroatoms. The molecule has 2 heterocycles. The van der Waals surface area contributed by atoms with Gasteiger partial charge in [0.2, 0.25) is 0 Å². The number of nitrogens with zero attached hydrogens (tertiary/aromatic N) is 3. The van der Waals surface area contributed by atoms with Crippen LogP contribution in [0.2, 0.25) is 0 Å². The van der Waals surface area contributed by atoms with Gasteiger partial charge in [0.1, 0.15) is 6.10 Å². The molecule has 0 unspecified atom stereocenters. The Kier molecular flexibility index (Phi) is 3.42. The summed E-state index contributed by atoms with van der Waals surface area (Å²) >= 11 is 0. The highest BCUT2D eigenvalue weighted by molar-refractivity contribution is 5.55. The summed E-state index contributed by atoms with van der Waals surface area (Å²) in [5, 5.41) is 12.6. The van der Waals surface area contributed by atoms with Gasteiger partial charge in [-0.05, 0) is 29.5 Å². The lowest BCUT2D eigenvalue weighted by Gasteiger charge is -2.34. The molecule has 1 saturated carbocycles. The van der Waals surface area contributed by atoms with Gasteiger partial charge in [-0.3, -0.25) is 0 Å². The molecule has 1 fully saturated rings. The molecule has 1 aliphatic rings. The van der Waals surface area contributed by atoms with E-state index in [-0.39, 0.29) is 12.0 Å². The Hall–Kier alpha value is -2.89. The predicted octanol–water partition coefficient (Wildman–Crippen LogP) is 3.16. The van der Waals surface area contributed by atoms with Crippen LogP contribution in [0.15, 0.2) is 53.3 Å². The lowest BCUT2D eigenvalue weighted by atomic mass is 9.77. The molecule has 2 aromatic heterocycles. The molecule has 4 rings (SSSR count). The van der Waals surface area contributed by atoms with Gasteiger partial charge in [0, 0.05) is 18.5 Å². The van der Waals surface area contributed by atoms with E-state index in [2.05, 4.69) is 39.4 Å². The molecule has 116 valence electrons. The topological polar surface area (TPSA) is 81.3 Å². The minimum Gasteiger partial charge on any atom is -0.491 e. The first-order valence-electron chi connectivity index (χ1n) is 7.47. The van der Waals surface area contributed by atoms with Crippen molar-refractivity contribution < 1.29 is 14.4 Å². The van der Waals surface area contributed by atoms with Crippen LogP contribution >= 0.6 is 0 Å². The Morgan fingerprint density at radius 2 is 1.83 bits per heavy atom. The van der Waals surface area contributed by atoms with Crippen molar-refractivity contribution in [2.45, 2.75) is 24.9 Å². The molecule has 0 amide bonds. The normalized spacial score (nSPS) is 20.0. The van der Waals surface area contributed by atoms with Crippen LogP contribution in [0.1, 0.15) is 24.3 Å². The van der Waals surface area contributed by atoms with Crippen LogP contribution in [0.25, 0.3) is 11.3 Å². The minimum absolute atomic E-state index is 0.153. The fraction of sp³-hybridized carbons (Fsp3) is 0.235. The first kappa shape index (κ1) is 13.8. The van der Waals surface area contributed by atoms with Gasteiger partial charge in [0.25, 0.3) is 5.88 Å². The number of aromatic hydroxyl groups is 1. The molecular formula is C17H15N3O3. The number of ether oxygens (including phenoxy) is 1. The van der Waals surface area contributed by atoms with Crippen LogP contribution in [0.3, 0.4) is 0 Å². The molecule has 0 spiro atoms. The molecule has 1 aliphatic carbocycles. The highest BCUT2D eigenvalue weighted by Gasteiger charge is 2.32. The maximum atomic E-state index is 9.18. The Morgan fingerprint density at radius 3 is 2.48 bits per heavy atom. The van der Waals surface area contributed by atoms with Crippen LogP contribution < -0.4 is 4.74 Å². The van der Waals surface area contributed by atoms with E-state index < -0.39 is 0 Å². The van der Waals surface area contributed by atoms with Crippen molar-refractivity contribution in [2.75, 3.05) is 0 Å². The Labute approximate surface area is 132 Å². The van der Waals surface area contributed by atoms with E-state index in [1.54, 1.807) is 12.4 Å². The van der Waals surface area contributed by atoms with Crippen molar-refractivity contribution >= 4 is 0 Å². The fourth-order valence-corrected chi connectivity index (χ4v) is 2.71. The quantitative estimate of drug-likeness (QED) is 0.797. The van der Waals surface area contributed by atoms with Crippen molar-refractivity contribution in [1.82, 2.24) is 15.1 Å². The Balaban J connectivity index is 1.36. The summed E-state index contributed by atoms with van der Waals surface area (Å²) in [6.45, 7) is 0. The number of hydrogen-bond donors (Lipinski definition) is 1. The summed E-state index contributed by atoms with van der Waals surface area (Å²) in [5.74, 6) is 0.807. The average molecular weight is 309 g/mol. The molecule has 3 aromatic rings. The number of benzene rings is 1. The van der Waals surface area contributed by atoms with Gasteiger partial charge in [-0.2, -0.15) is 0 Å². The predicted molar refractivity (Wildman–Crippen MR) is 82.0 cm³/mol. The second-order valence-corrected chi connectivity index (χ2v) is 5.62. The largest absolute Gasteiger partial charge is 0.491 e. The fourth-order valence-electron chi connectivity index (χ4n) is 2.71. The van der Waals surface area contributed by atoms with Crippen LogP contribution in [0, 0.1) is 0 Å². The van der Waals surface area contributed by atoms with Gasteiger partial charge in [-0.1, -0.05) is 30.3 Å². The smallest absolute Gasteiger partial charge is 0.316 e. The zero-order chi connectivity index (χ0) is 15.6. The summed E-state index contributed by atoms with van der Waals surface area (Å²) in [6, 6.07) is 12.2. The number of aromatic nitrogens is 3. The van der Waals surface area contributed by atoms with E-state index in [9.17, 15) is 5.11 Å². The van der Waals surface area contributed by atoms with Crippen molar-refractivity contribution in [1.29, 1.82) is 0 Å². The van der Waals surface area contributed by atoms with Gasteiger partial charge in [-0.15, -0.1) is 0 Å². The van der Waals surface area contributed by atoms with Crippen molar-refractivity contribution in [3.05, 3.63) is 54.4 Å². The number of hydrogen-bond acceptors (Lipinski definition) is 6. The van der Waals surface area contributed by atoms with Crippen LogP contribution in [0.5, 0.6) is 11.9 Å². The SMILES string of the molecule is Oc1cc(-c2cnc(O[C@H]3C[C@@H](c4ccccc4)C3)nc2)on1. The van der Waals surface area contributed by atoms with E-state index >= 15 is 0 Å². The van der Waals surface area contributed by atoms with Crippen LogP contribution in [-0.4, -0.2) is 26.3 Å². The van der Waals surface area contributed by atoms with E-state index in [1.165, 1.54) is 11.6 Å². The second kappa shape index (κ2) is 5.72. The number of rotatable bonds is 4. The summed E-state index contributed by atoms with van der Waals surface area (Å²) in [5.41, 5.74) is 2.00. The summed E-state index contributed by atoms with van der Waals surface area (Å²) in [6.07, 6.45) is 5.29. The molecule has 6 nitrogen and oxygen atoms in total. The van der Waals surface area contributed by atoms with Gasteiger partial charge in [-0.25, -0.2) is 9.97 Å².